The SMILES string of the molecule is O=C(c1cc(F)cc(F)c1)N(Cc1ccco1)Cc1cccs1. The Labute approximate surface area is 135 Å². The van der Waals surface area contributed by atoms with E-state index in [0.29, 0.717) is 12.3 Å². The van der Waals surface area contributed by atoms with Gasteiger partial charge in [0.15, 0.2) is 0 Å². The summed E-state index contributed by atoms with van der Waals surface area (Å²) in [6, 6.07) is 10.1. The minimum atomic E-state index is -0.776. The Morgan fingerprint density at radius 2 is 1.87 bits per heavy atom. The summed E-state index contributed by atoms with van der Waals surface area (Å²) in [6.45, 7) is 0.567. The van der Waals surface area contributed by atoms with Gasteiger partial charge in [0, 0.05) is 16.5 Å². The molecule has 1 aromatic carbocycles. The summed E-state index contributed by atoms with van der Waals surface area (Å²) in [6.07, 6.45) is 1.52. The Kier molecular flexibility index (Phi) is 4.52. The molecule has 3 rings (SSSR count). The highest BCUT2D eigenvalue weighted by Gasteiger charge is 2.19. The molecule has 1 amide bonds. The highest BCUT2D eigenvalue weighted by Crippen LogP contribution is 2.18. The maximum atomic E-state index is 13.4. The lowest BCUT2D eigenvalue weighted by Gasteiger charge is -2.21. The van der Waals surface area contributed by atoms with E-state index in [1.54, 1.807) is 12.1 Å². The average molecular weight is 333 g/mol. The predicted octanol–water partition coefficient (Wildman–Crippen LogP) is 4.46. The van der Waals surface area contributed by atoms with Crippen molar-refractivity contribution < 1.29 is 18.0 Å². The molecule has 6 heteroatoms. The maximum Gasteiger partial charge on any atom is 0.254 e. The number of thiophene rings is 1. The van der Waals surface area contributed by atoms with Crippen molar-refractivity contribution in [3.63, 3.8) is 0 Å². The molecule has 0 aliphatic rings. The van der Waals surface area contributed by atoms with Gasteiger partial charge in [-0.25, -0.2) is 8.78 Å². The Balaban J connectivity index is 1.88. The van der Waals surface area contributed by atoms with Crippen LogP contribution in [0.15, 0.2) is 58.5 Å². The molecule has 3 nitrogen and oxygen atoms in total. The van der Waals surface area contributed by atoms with E-state index in [4.69, 9.17) is 4.42 Å². The van der Waals surface area contributed by atoms with E-state index in [9.17, 15) is 13.6 Å². The third-order valence-electron chi connectivity index (χ3n) is 3.25. The Morgan fingerprint density at radius 1 is 1.09 bits per heavy atom. The molecule has 0 radical (unpaired) electrons. The largest absolute Gasteiger partial charge is 0.467 e. The van der Waals surface area contributed by atoms with Gasteiger partial charge in [-0.1, -0.05) is 6.07 Å². The van der Waals surface area contributed by atoms with Crippen LogP contribution in [0.4, 0.5) is 8.78 Å². The zero-order valence-electron chi connectivity index (χ0n) is 12.0. The van der Waals surface area contributed by atoms with Crippen molar-refractivity contribution in [3.8, 4) is 0 Å². The van der Waals surface area contributed by atoms with Crippen molar-refractivity contribution >= 4 is 17.2 Å². The van der Waals surface area contributed by atoms with Gasteiger partial charge in [-0.2, -0.15) is 0 Å². The van der Waals surface area contributed by atoms with Gasteiger partial charge in [0.2, 0.25) is 0 Å². The third kappa shape index (κ3) is 3.84. The first-order valence-electron chi connectivity index (χ1n) is 6.92. The summed E-state index contributed by atoms with van der Waals surface area (Å²) in [7, 11) is 0. The molecule has 118 valence electrons. The van der Waals surface area contributed by atoms with E-state index in [1.807, 2.05) is 17.5 Å². The number of carbonyl (C=O) groups is 1. The highest BCUT2D eigenvalue weighted by atomic mass is 32.1. The van der Waals surface area contributed by atoms with Crippen molar-refractivity contribution in [1.82, 2.24) is 4.90 Å². The first kappa shape index (κ1) is 15.4. The van der Waals surface area contributed by atoms with Crippen molar-refractivity contribution in [1.29, 1.82) is 0 Å². The van der Waals surface area contributed by atoms with Gasteiger partial charge < -0.3 is 9.32 Å². The fourth-order valence-electron chi connectivity index (χ4n) is 2.24. The second-order valence-corrected chi connectivity index (χ2v) is 6.01. The summed E-state index contributed by atoms with van der Waals surface area (Å²) in [5.41, 5.74) is -0.0226. The van der Waals surface area contributed by atoms with Crippen LogP contribution in [0.2, 0.25) is 0 Å². The fourth-order valence-corrected chi connectivity index (χ4v) is 2.96. The summed E-state index contributed by atoms with van der Waals surface area (Å²) < 4.78 is 32.0. The van der Waals surface area contributed by atoms with Gasteiger partial charge in [-0.3, -0.25) is 4.79 Å². The molecule has 0 spiro atoms. The number of furan rings is 1. The maximum absolute atomic E-state index is 13.4. The lowest BCUT2D eigenvalue weighted by Crippen LogP contribution is -2.29. The van der Waals surface area contributed by atoms with E-state index in [-0.39, 0.29) is 12.1 Å². The number of hydrogen-bond donors (Lipinski definition) is 0. The van der Waals surface area contributed by atoms with E-state index >= 15 is 0 Å². The first-order chi connectivity index (χ1) is 11.1. The molecule has 23 heavy (non-hydrogen) atoms. The molecule has 0 aliphatic heterocycles. The van der Waals surface area contributed by atoms with Crippen molar-refractivity contribution in [2.45, 2.75) is 13.1 Å². The van der Waals surface area contributed by atoms with Crippen LogP contribution in [0.3, 0.4) is 0 Å². The number of halogens is 2. The average Bonchev–Trinajstić information content (AvgIpc) is 3.18. The van der Waals surface area contributed by atoms with Crippen LogP contribution in [-0.4, -0.2) is 10.8 Å². The van der Waals surface area contributed by atoms with Gasteiger partial charge in [0.05, 0.1) is 19.4 Å². The molecule has 3 aromatic rings. The molecule has 0 N–H and O–H groups in total. The van der Waals surface area contributed by atoms with Crippen LogP contribution in [0.5, 0.6) is 0 Å². The van der Waals surface area contributed by atoms with E-state index < -0.39 is 17.5 Å². The van der Waals surface area contributed by atoms with Crippen molar-refractivity contribution in [2.75, 3.05) is 0 Å². The number of carbonyl (C=O) groups excluding carboxylic acids is 1. The number of benzene rings is 1. The molecule has 0 saturated heterocycles. The molecule has 2 heterocycles. The normalized spacial score (nSPS) is 10.7. The zero-order chi connectivity index (χ0) is 16.2. The summed E-state index contributed by atoms with van der Waals surface area (Å²) in [5.74, 6) is -1.40. The van der Waals surface area contributed by atoms with Crippen LogP contribution in [-0.2, 0) is 13.1 Å². The summed E-state index contributed by atoms with van der Waals surface area (Å²) in [5, 5.41) is 1.91. The molecule has 0 fully saturated rings. The van der Waals surface area contributed by atoms with Gasteiger partial charge >= 0.3 is 0 Å². The molecule has 0 aliphatic carbocycles. The summed E-state index contributed by atoms with van der Waals surface area (Å²) >= 11 is 1.51. The molecule has 0 bridgehead atoms. The molecule has 0 saturated carbocycles. The monoisotopic (exact) mass is 333 g/mol. The van der Waals surface area contributed by atoms with Crippen LogP contribution < -0.4 is 0 Å². The smallest absolute Gasteiger partial charge is 0.254 e. The summed E-state index contributed by atoms with van der Waals surface area (Å²) in [4.78, 5) is 15.1. The first-order valence-corrected chi connectivity index (χ1v) is 7.80. The third-order valence-corrected chi connectivity index (χ3v) is 4.11. The molecular weight excluding hydrogens is 320 g/mol. The Bertz CT molecular complexity index is 729. The molecule has 0 atom stereocenters. The second kappa shape index (κ2) is 6.75. The van der Waals surface area contributed by atoms with E-state index in [1.165, 1.54) is 22.5 Å². The lowest BCUT2D eigenvalue weighted by atomic mass is 10.1. The van der Waals surface area contributed by atoms with Gasteiger partial charge in [-0.05, 0) is 35.7 Å². The molecule has 2 aromatic heterocycles. The van der Waals surface area contributed by atoms with Crippen molar-refractivity contribution in [3.05, 3.63) is 81.9 Å². The zero-order valence-corrected chi connectivity index (χ0v) is 12.9. The highest BCUT2D eigenvalue weighted by molar-refractivity contribution is 7.09. The van der Waals surface area contributed by atoms with Gasteiger partial charge in [-0.15, -0.1) is 11.3 Å². The molecular formula is C17H13F2NO2S. The molecule has 0 unspecified atom stereocenters. The lowest BCUT2D eigenvalue weighted by molar-refractivity contribution is 0.0718. The minimum absolute atomic E-state index is 0.0226. The van der Waals surface area contributed by atoms with Gasteiger partial charge in [0.25, 0.3) is 5.91 Å². The fraction of sp³-hybridized carbons (Fsp3) is 0.118. The number of amides is 1. The quantitative estimate of drug-likeness (QED) is 0.690. The standard InChI is InChI=1S/C17H13F2NO2S/c18-13-7-12(8-14(19)9-13)17(21)20(10-15-3-1-5-22-15)11-16-4-2-6-23-16/h1-9H,10-11H2. The Morgan fingerprint density at radius 3 is 2.48 bits per heavy atom. The number of nitrogens with zero attached hydrogens (tertiary/aromatic N) is 1. The second-order valence-electron chi connectivity index (χ2n) is 4.98. The van der Waals surface area contributed by atoms with Crippen LogP contribution in [0.1, 0.15) is 21.0 Å². The van der Waals surface area contributed by atoms with Crippen LogP contribution in [0.25, 0.3) is 0 Å². The van der Waals surface area contributed by atoms with Crippen LogP contribution >= 0.6 is 11.3 Å². The minimum Gasteiger partial charge on any atom is -0.467 e. The number of hydrogen-bond acceptors (Lipinski definition) is 3. The van der Waals surface area contributed by atoms with Gasteiger partial charge in [0.1, 0.15) is 17.4 Å². The van der Waals surface area contributed by atoms with E-state index in [0.717, 1.165) is 23.1 Å². The number of rotatable bonds is 5. The predicted molar refractivity (Wildman–Crippen MR) is 83.0 cm³/mol. The van der Waals surface area contributed by atoms with Crippen molar-refractivity contribution in [2.24, 2.45) is 0 Å². The van der Waals surface area contributed by atoms with E-state index in [2.05, 4.69) is 0 Å². The Hall–Kier alpha value is -2.47. The van der Waals surface area contributed by atoms with Crippen LogP contribution in [0, 0.1) is 11.6 Å². The topological polar surface area (TPSA) is 33.5 Å².